The molecule has 0 aliphatic rings. The highest BCUT2D eigenvalue weighted by Crippen LogP contribution is 2.30. The number of aryl methyl sites for hydroxylation is 3. The van der Waals surface area contributed by atoms with Crippen molar-refractivity contribution in [2.24, 2.45) is 0 Å². The highest BCUT2D eigenvalue weighted by Gasteiger charge is 2.07. The van der Waals surface area contributed by atoms with Gasteiger partial charge in [-0.15, -0.1) is 0 Å². The molecule has 25 heavy (non-hydrogen) atoms. The first-order chi connectivity index (χ1) is 12.1. The lowest BCUT2D eigenvalue weighted by Gasteiger charge is -2.12. The van der Waals surface area contributed by atoms with Crippen LogP contribution in [0.4, 0.5) is 11.4 Å². The number of nitrogen functional groups attached to an aromatic ring is 1. The number of hydrogen-bond acceptors (Lipinski definition) is 3. The maximum atomic E-state index is 6.29. The lowest BCUT2D eigenvalue weighted by Crippen LogP contribution is -2.04. The van der Waals surface area contributed by atoms with E-state index in [-0.39, 0.29) is 0 Å². The lowest BCUT2D eigenvalue weighted by molar-refractivity contribution is 0.863. The van der Waals surface area contributed by atoms with Gasteiger partial charge in [-0.2, -0.15) is 0 Å². The molecule has 0 aliphatic heterocycles. The van der Waals surface area contributed by atoms with E-state index in [1.807, 2.05) is 26.0 Å². The van der Waals surface area contributed by atoms with Crippen LogP contribution >= 0.6 is 0 Å². The summed E-state index contributed by atoms with van der Waals surface area (Å²) in [5, 5.41) is 3.46. The number of aromatic nitrogens is 1. The van der Waals surface area contributed by atoms with E-state index in [0.717, 1.165) is 53.3 Å². The van der Waals surface area contributed by atoms with Crippen molar-refractivity contribution in [2.45, 2.75) is 26.7 Å². The van der Waals surface area contributed by atoms with E-state index < -0.39 is 0 Å². The Kier molecular flexibility index (Phi) is 5.34. The van der Waals surface area contributed by atoms with Crippen LogP contribution in [-0.4, -0.2) is 11.5 Å². The van der Waals surface area contributed by atoms with Crippen LogP contribution in [0.3, 0.4) is 0 Å². The summed E-state index contributed by atoms with van der Waals surface area (Å²) in [4.78, 5) is 4.53. The summed E-state index contributed by atoms with van der Waals surface area (Å²) in [5.74, 6) is 0. The van der Waals surface area contributed by atoms with Gasteiger partial charge in [0.1, 0.15) is 0 Å². The summed E-state index contributed by atoms with van der Waals surface area (Å²) < 4.78 is 0. The van der Waals surface area contributed by atoms with Crippen molar-refractivity contribution in [3.8, 4) is 11.1 Å². The van der Waals surface area contributed by atoms with Crippen molar-refractivity contribution in [3.63, 3.8) is 0 Å². The summed E-state index contributed by atoms with van der Waals surface area (Å²) >= 11 is 0. The fourth-order valence-electron chi connectivity index (χ4n) is 3.06. The number of anilines is 2. The maximum Gasteiger partial charge on any atom is 0.0454 e. The van der Waals surface area contributed by atoms with Gasteiger partial charge in [0, 0.05) is 40.4 Å². The van der Waals surface area contributed by atoms with Gasteiger partial charge in [0.25, 0.3) is 0 Å². The van der Waals surface area contributed by atoms with Gasteiger partial charge in [-0.1, -0.05) is 42.5 Å². The minimum absolute atomic E-state index is 0.779. The Bertz CT molecular complexity index is 841. The minimum atomic E-state index is 0.779. The minimum Gasteiger partial charge on any atom is -0.398 e. The second kappa shape index (κ2) is 7.84. The predicted molar refractivity (Wildman–Crippen MR) is 107 cm³/mol. The average Bonchev–Trinajstić information content (AvgIpc) is 2.61. The molecule has 0 saturated carbocycles. The first-order valence-electron chi connectivity index (χ1n) is 8.75. The summed E-state index contributed by atoms with van der Waals surface area (Å²) in [5.41, 5.74) is 13.7. The van der Waals surface area contributed by atoms with Crippen LogP contribution in [0, 0.1) is 13.8 Å². The SMILES string of the molecule is Cc1ccc(-c2ccc(NCCCc3ccccc3)cc2N)c(C)n1. The molecule has 0 bridgehead atoms. The van der Waals surface area contributed by atoms with Gasteiger partial charge in [0.2, 0.25) is 0 Å². The van der Waals surface area contributed by atoms with Crippen molar-refractivity contribution in [1.29, 1.82) is 0 Å². The Morgan fingerprint density at radius 3 is 2.40 bits per heavy atom. The predicted octanol–water partition coefficient (Wildman–Crippen LogP) is 4.99. The van der Waals surface area contributed by atoms with Crippen molar-refractivity contribution in [2.75, 3.05) is 17.6 Å². The molecular formula is C22H25N3. The van der Waals surface area contributed by atoms with Gasteiger partial charge >= 0.3 is 0 Å². The van der Waals surface area contributed by atoms with Crippen LogP contribution in [0.25, 0.3) is 11.1 Å². The molecule has 2 aromatic carbocycles. The van der Waals surface area contributed by atoms with E-state index in [1.165, 1.54) is 5.56 Å². The number of rotatable bonds is 6. The fraction of sp³-hybridized carbons (Fsp3) is 0.227. The molecule has 0 unspecified atom stereocenters. The largest absolute Gasteiger partial charge is 0.398 e. The standard InChI is InChI=1S/C22H25N3/c1-16-10-12-20(17(2)25-16)21-13-11-19(15-22(21)23)24-14-6-9-18-7-4-3-5-8-18/h3-5,7-8,10-13,15,24H,6,9,14,23H2,1-2H3. The van der Waals surface area contributed by atoms with Crippen molar-refractivity contribution in [3.05, 3.63) is 77.6 Å². The number of benzene rings is 2. The van der Waals surface area contributed by atoms with E-state index in [0.29, 0.717) is 0 Å². The van der Waals surface area contributed by atoms with Crippen LogP contribution in [0.15, 0.2) is 60.7 Å². The molecule has 3 rings (SSSR count). The summed E-state index contributed by atoms with van der Waals surface area (Å²) in [6, 6.07) is 20.9. The van der Waals surface area contributed by atoms with Gasteiger partial charge in [-0.05, 0) is 50.5 Å². The van der Waals surface area contributed by atoms with Crippen LogP contribution in [-0.2, 0) is 6.42 Å². The van der Waals surface area contributed by atoms with Crippen LogP contribution in [0.2, 0.25) is 0 Å². The molecule has 0 fully saturated rings. The van der Waals surface area contributed by atoms with Crippen molar-refractivity contribution >= 4 is 11.4 Å². The molecule has 0 spiro atoms. The number of nitrogens with one attached hydrogen (secondary N) is 1. The second-order valence-electron chi connectivity index (χ2n) is 6.40. The smallest absolute Gasteiger partial charge is 0.0454 e. The molecule has 1 aromatic heterocycles. The number of hydrogen-bond donors (Lipinski definition) is 2. The molecule has 1 heterocycles. The van der Waals surface area contributed by atoms with Crippen LogP contribution in [0.1, 0.15) is 23.4 Å². The first kappa shape index (κ1) is 17.0. The van der Waals surface area contributed by atoms with Gasteiger partial charge in [-0.25, -0.2) is 0 Å². The zero-order valence-electron chi connectivity index (χ0n) is 14.9. The number of pyridine rings is 1. The molecular weight excluding hydrogens is 306 g/mol. The van der Waals surface area contributed by atoms with E-state index in [2.05, 4.69) is 58.8 Å². The summed E-state index contributed by atoms with van der Waals surface area (Å²) in [6.45, 7) is 4.96. The molecule has 0 amide bonds. The monoisotopic (exact) mass is 331 g/mol. The summed E-state index contributed by atoms with van der Waals surface area (Å²) in [6.07, 6.45) is 2.17. The molecule has 0 atom stereocenters. The molecule has 3 N–H and O–H groups in total. The number of nitrogens with zero attached hydrogens (tertiary/aromatic N) is 1. The zero-order valence-corrected chi connectivity index (χ0v) is 14.9. The molecule has 3 aromatic rings. The van der Waals surface area contributed by atoms with Crippen LogP contribution < -0.4 is 11.1 Å². The Hall–Kier alpha value is -2.81. The second-order valence-corrected chi connectivity index (χ2v) is 6.40. The zero-order chi connectivity index (χ0) is 17.6. The topological polar surface area (TPSA) is 50.9 Å². The normalized spacial score (nSPS) is 10.6. The van der Waals surface area contributed by atoms with Gasteiger partial charge in [0.15, 0.2) is 0 Å². The molecule has 3 nitrogen and oxygen atoms in total. The van der Waals surface area contributed by atoms with Gasteiger partial charge < -0.3 is 11.1 Å². The third kappa shape index (κ3) is 4.38. The van der Waals surface area contributed by atoms with E-state index in [9.17, 15) is 0 Å². The van der Waals surface area contributed by atoms with Crippen molar-refractivity contribution in [1.82, 2.24) is 4.98 Å². The third-order valence-electron chi connectivity index (χ3n) is 4.38. The van der Waals surface area contributed by atoms with Gasteiger partial charge in [0.05, 0.1) is 0 Å². The Labute approximate surface area is 149 Å². The average molecular weight is 331 g/mol. The molecule has 128 valence electrons. The molecule has 0 aliphatic carbocycles. The Morgan fingerprint density at radius 1 is 0.920 bits per heavy atom. The molecule has 3 heteroatoms. The van der Waals surface area contributed by atoms with E-state index in [4.69, 9.17) is 5.73 Å². The molecule has 0 saturated heterocycles. The highest BCUT2D eigenvalue weighted by atomic mass is 14.9. The van der Waals surface area contributed by atoms with Gasteiger partial charge in [-0.3, -0.25) is 4.98 Å². The lowest BCUT2D eigenvalue weighted by atomic mass is 10.0. The Morgan fingerprint density at radius 2 is 1.68 bits per heavy atom. The van der Waals surface area contributed by atoms with E-state index in [1.54, 1.807) is 0 Å². The maximum absolute atomic E-state index is 6.29. The van der Waals surface area contributed by atoms with Crippen molar-refractivity contribution < 1.29 is 0 Å². The summed E-state index contributed by atoms with van der Waals surface area (Å²) in [7, 11) is 0. The fourth-order valence-corrected chi connectivity index (χ4v) is 3.06. The Balaban J connectivity index is 1.62. The molecule has 0 radical (unpaired) electrons. The van der Waals surface area contributed by atoms with Crippen LogP contribution in [0.5, 0.6) is 0 Å². The van der Waals surface area contributed by atoms with E-state index >= 15 is 0 Å². The first-order valence-corrected chi connectivity index (χ1v) is 8.75. The number of nitrogens with two attached hydrogens (primary N) is 1. The highest BCUT2D eigenvalue weighted by molar-refractivity contribution is 5.80. The third-order valence-corrected chi connectivity index (χ3v) is 4.38. The quantitative estimate of drug-likeness (QED) is 0.494.